The van der Waals surface area contributed by atoms with Crippen LogP contribution in [0.4, 0.5) is 0 Å². The second kappa shape index (κ2) is 10.3. The minimum Gasteiger partial charge on any atom is -1.00 e. The minimum absolute atomic E-state index is 0. The average molecular weight is 194 g/mol. The topological polar surface area (TPSA) is 12.0 Å². The molecule has 0 radical (unpaired) electrons. The molecule has 58 valence electrons. The fourth-order valence-electron chi connectivity index (χ4n) is 0.966. The van der Waals surface area contributed by atoms with Gasteiger partial charge in [0.25, 0.3) is 0 Å². The number of hydrogen-bond acceptors (Lipinski definition) is 1. The van der Waals surface area contributed by atoms with Gasteiger partial charge in [0.05, 0.1) is 0 Å². The third kappa shape index (κ3) is 7.41. The number of halogens is 2. The van der Waals surface area contributed by atoms with Gasteiger partial charge in [0.2, 0.25) is 0 Å². The first-order chi connectivity index (χ1) is 3.39. The Morgan fingerprint density at radius 1 is 1.10 bits per heavy atom. The molecule has 1 aliphatic heterocycles. The van der Waals surface area contributed by atoms with Gasteiger partial charge in [-0.3, -0.25) is 0 Å². The molecule has 0 aromatic rings. The molecule has 1 nitrogen and oxygen atoms in total. The molecule has 0 bridgehead atoms. The van der Waals surface area contributed by atoms with Crippen LogP contribution >= 0.6 is 0 Å². The van der Waals surface area contributed by atoms with Crippen molar-refractivity contribution in [2.75, 3.05) is 13.1 Å². The van der Waals surface area contributed by atoms with E-state index in [0.29, 0.717) is 0 Å². The van der Waals surface area contributed by atoms with E-state index in [1.807, 2.05) is 0 Å². The van der Waals surface area contributed by atoms with Gasteiger partial charge in [-0.2, -0.15) is 0 Å². The van der Waals surface area contributed by atoms with E-state index in [0.717, 1.165) is 5.92 Å². The van der Waals surface area contributed by atoms with Crippen LogP contribution in [-0.4, -0.2) is 36.1 Å². The Balaban J connectivity index is -0.000000163. The first-order valence-electron chi connectivity index (χ1n) is 3.10. The molecule has 0 atom stereocenters. The monoisotopic (exact) mass is 193 g/mol. The van der Waals surface area contributed by atoms with Crippen LogP contribution in [-0.2, 0) is 0 Å². The molecule has 1 fully saturated rings. The summed E-state index contributed by atoms with van der Waals surface area (Å²) in [4.78, 5) is 0. The van der Waals surface area contributed by atoms with Crippen molar-refractivity contribution in [1.29, 1.82) is 0 Å². The zero-order valence-corrected chi connectivity index (χ0v) is 9.29. The summed E-state index contributed by atoms with van der Waals surface area (Å²) < 4.78 is 0. The van der Waals surface area contributed by atoms with Crippen LogP contribution < -0.4 is 30.1 Å². The Morgan fingerprint density at radius 3 is 1.70 bits per heavy atom. The Kier molecular flexibility index (Phi) is 17.9. The van der Waals surface area contributed by atoms with Gasteiger partial charge in [0.1, 0.15) is 0 Å². The average Bonchev–Trinajstić information content (AvgIpc) is 1.69. The Hall–Kier alpha value is 1.31. The van der Waals surface area contributed by atoms with Gasteiger partial charge in [-0.05, 0) is 31.8 Å². The summed E-state index contributed by atoms with van der Waals surface area (Å²) in [6.45, 7) is 4.79. The molecule has 1 N–H and O–H groups in total. The first kappa shape index (κ1) is 17.4. The molecule has 1 aliphatic rings. The van der Waals surface area contributed by atoms with Crippen molar-refractivity contribution < 1.29 is 24.8 Å². The fraction of sp³-hybridized carbons (Fsp3) is 1.00. The zero-order chi connectivity index (χ0) is 5.11. The van der Waals surface area contributed by atoms with Crippen molar-refractivity contribution in [1.82, 2.24) is 5.32 Å². The van der Waals surface area contributed by atoms with Gasteiger partial charge in [-0.15, -0.1) is 0 Å². The fourth-order valence-corrected chi connectivity index (χ4v) is 0.966. The van der Waals surface area contributed by atoms with Crippen molar-refractivity contribution >= 4 is 23.1 Å². The van der Waals surface area contributed by atoms with Crippen molar-refractivity contribution in [2.24, 2.45) is 5.92 Å². The maximum Gasteiger partial charge on any atom is 2.00 e. The van der Waals surface area contributed by atoms with E-state index in [-0.39, 0.29) is 47.9 Å². The van der Waals surface area contributed by atoms with E-state index < -0.39 is 0 Å². The summed E-state index contributed by atoms with van der Waals surface area (Å²) in [6, 6.07) is 0. The molecule has 4 heteroatoms. The molecule has 0 aromatic carbocycles. The molecule has 0 spiro atoms. The predicted octanol–water partition coefficient (Wildman–Crippen LogP) is -5.37. The van der Waals surface area contributed by atoms with E-state index in [2.05, 4.69) is 12.2 Å². The summed E-state index contributed by atoms with van der Waals surface area (Å²) in [7, 11) is 0. The van der Waals surface area contributed by atoms with Crippen LogP contribution in [0.15, 0.2) is 0 Å². The second-order valence-electron chi connectivity index (χ2n) is 2.43. The molecule has 1 rings (SSSR count). The molecule has 0 saturated carbocycles. The van der Waals surface area contributed by atoms with Gasteiger partial charge in [-0.25, -0.2) is 0 Å². The summed E-state index contributed by atoms with van der Waals surface area (Å²) in [6.07, 6.45) is 2.75. The maximum absolute atomic E-state index is 3.32. The normalized spacial score (nSPS) is 17.7. The van der Waals surface area contributed by atoms with E-state index in [1.165, 1.54) is 25.9 Å². The molecule has 10 heavy (non-hydrogen) atoms. The van der Waals surface area contributed by atoms with Gasteiger partial charge in [0, 0.05) is 0 Å². The minimum atomic E-state index is 0. The van der Waals surface area contributed by atoms with Gasteiger partial charge in [-0.1, -0.05) is 6.92 Å². The number of hydrogen-bond donors (Lipinski definition) is 1. The summed E-state index contributed by atoms with van der Waals surface area (Å²) >= 11 is 0. The molecule has 1 saturated heterocycles. The SMILES string of the molecule is CC1CCNCC1.[Cl-].[Cl-].[Mg+2]. The van der Waals surface area contributed by atoms with Crippen LogP contribution in [0.5, 0.6) is 0 Å². The van der Waals surface area contributed by atoms with Gasteiger partial charge < -0.3 is 30.1 Å². The number of nitrogens with one attached hydrogen (secondary N) is 1. The number of rotatable bonds is 0. The standard InChI is InChI=1S/C6H13N.2ClH.Mg/c1-6-2-4-7-5-3-6;;;/h6-7H,2-5H2,1H3;2*1H;/q;;;+2/p-2. The van der Waals surface area contributed by atoms with E-state index >= 15 is 0 Å². The van der Waals surface area contributed by atoms with Crippen molar-refractivity contribution in [3.8, 4) is 0 Å². The Bertz CT molecular complexity index is 57.7. The maximum atomic E-state index is 3.32. The molecule has 1 heterocycles. The molecule has 0 aliphatic carbocycles. The number of piperidine rings is 1. The Labute approximate surface area is 91.7 Å². The van der Waals surface area contributed by atoms with Crippen LogP contribution in [0.2, 0.25) is 0 Å². The largest absolute Gasteiger partial charge is 2.00 e. The van der Waals surface area contributed by atoms with Crippen molar-refractivity contribution in [3.05, 3.63) is 0 Å². The Morgan fingerprint density at radius 2 is 1.50 bits per heavy atom. The zero-order valence-electron chi connectivity index (χ0n) is 6.37. The molecule has 0 amide bonds. The van der Waals surface area contributed by atoms with Crippen LogP contribution in [0.1, 0.15) is 19.8 Å². The van der Waals surface area contributed by atoms with Gasteiger partial charge in [0.15, 0.2) is 0 Å². The van der Waals surface area contributed by atoms with Gasteiger partial charge >= 0.3 is 23.1 Å². The molecule has 0 aromatic heterocycles. The second-order valence-corrected chi connectivity index (χ2v) is 2.43. The van der Waals surface area contributed by atoms with E-state index in [9.17, 15) is 0 Å². The third-order valence-corrected chi connectivity index (χ3v) is 1.63. The molecule has 0 unspecified atom stereocenters. The predicted molar refractivity (Wildman–Crippen MR) is 37.0 cm³/mol. The smallest absolute Gasteiger partial charge is 1.00 e. The van der Waals surface area contributed by atoms with Crippen LogP contribution in [0.3, 0.4) is 0 Å². The quantitative estimate of drug-likeness (QED) is 0.380. The summed E-state index contributed by atoms with van der Waals surface area (Å²) in [5.74, 6) is 0.973. The molecular formula is C6H13Cl2MgN. The molecular weight excluding hydrogens is 181 g/mol. The van der Waals surface area contributed by atoms with Crippen molar-refractivity contribution in [2.45, 2.75) is 19.8 Å². The van der Waals surface area contributed by atoms with Crippen LogP contribution in [0.25, 0.3) is 0 Å². The third-order valence-electron chi connectivity index (χ3n) is 1.63. The summed E-state index contributed by atoms with van der Waals surface area (Å²) in [5, 5.41) is 3.32. The van der Waals surface area contributed by atoms with E-state index in [4.69, 9.17) is 0 Å². The van der Waals surface area contributed by atoms with Crippen LogP contribution in [0, 0.1) is 5.92 Å². The van der Waals surface area contributed by atoms with E-state index in [1.54, 1.807) is 0 Å². The first-order valence-corrected chi connectivity index (χ1v) is 3.10. The van der Waals surface area contributed by atoms with Crippen molar-refractivity contribution in [3.63, 3.8) is 0 Å². The summed E-state index contributed by atoms with van der Waals surface area (Å²) in [5.41, 5.74) is 0.